The number of hydrogen-bond acceptors (Lipinski definition) is 5. The summed E-state index contributed by atoms with van der Waals surface area (Å²) < 4.78 is 3.84. The highest BCUT2D eigenvalue weighted by molar-refractivity contribution is 7.08. The molecule has 0 saturated heterocycles. The lowest BCUT2D eigenvalue weighted by atomic mass is 9.79. The average Bonchev–Trinajstić information content (AvgIpc) is 2.94. The molecular weight excluding hydrogens is 290 g/mol. The molecule has 116 valence electrons. The van der Waals surface area contributed by atoms with E-state index in [1.165, 1.54) is 0 Å². The largest absolute Gasteiger partial charge is 0.481 e. The van der Waals surface area contributed by atoms with Crippen LogP contribution in [0.4, 0.5) is 0 Å². The number of hydrogen-bond donors (Lipinski definition) is 2. The SMILES string of the molecule is CC(C)c1nnsc1C(=O)NCC1CCCCC1C(=O)O. The van der Waals surface area contributed by atoms with Gasteiger partial charge in [0, 0.05) is 6.54 Å². The molecule has 2 atom stereocenters. The fraction of sp³-hybridized carbons (Fsp3) is 0.714. The van der Waals surface area contributed by atoms with E-state index in [-0.39, 0.29) is 23.7 Å². The van der Waals surface area contributed by atoms with E-state index >= 15 is 0 Å². The lowest BCUT2D eigenvalue weighted by Gasteiger charge is -2.28. The smallest absolute Gasteiger partial charge is 0.306 e. The number of carbonyl (C=O) groups excluding carboxylic acids is 1. The maximum Gasteiger partial charge on any atom is 0.306 e. The van der Waals surface area contributed by atoms with E-state index in [4.69, 9.17) is 0 Å². The highest BCUT2D eigenvalue weighted by Gasteiger charge is 2.31. The molecule has 21 heavy (non-hydrogen) atoms. The predicted molar refractivity (Wildman–Crippen MR) is 79.4 cm³/mol. The Kier molecular flexibility index (Phi) is 5.27. The molecule has 0 aromatic carbocycles. The van der Waals surface area contributed by atoms with Gasteiger partial charge in [0.2, 0.25) is 0 Å². The first-order valence-electron chi connectivity index (χ1n) is 7.34. The molecule has 7 heteroatoms. The minimum atomic E-state index is -0.753. The second-order valence-electron chi connectivity index (χ2n) is 5.84. The summed E-state index contributed by atoms with van der Waals surface area (Å²) in [4.78, 5) is 24.0. The number of carboxylic acids is 1. The minimum absolute atomic E-state index is 0.0172. The number of aromatic nitrogens is 2. The topological polar surface area (TPSA) is 92.2 Å². The molecule has 2 N–H and O–H groups in total. The van der Waals surface area contributed by atoms with Crippen molar-refractivity contribution >= 4 is 23.4 Å². The van der Waals surface area contributed by atoms with Crippen LogP contribution in [0.2, 0.25) is 0 Å². The highest BCUT2D eigenvalue weighted by atomic mass is 32.1. The van der Waals surface area contributed by atoms with E-state index in [1.54, 1.807) is 0 Å². The van der Waals surface area contributed by atoms with Crippen molar-refractivity contribution in [2.24, 2.45) is 11.8 Å². The molecule has 0 radical (unpaired) electrons. The Balaban J connectivity index is 1.97. The maximum atomic E-state index is 12.2. The third-order valence-electron chi connectivity index (χ3n) is 4.02. The van der Waals surface area contributed by atoms with Gasteiger partial charge in [-0.3, -0.25) is 9.59 Å². The normalized spacial score (nSPS) is 22.2. The van der Waals surface area contributed by atoms with Crippen LogP contribution in [0.3, 0.4) is 0 Å². The van der Waals surface area contributed by atoms with E-state index in [0.717, 1.165) is 30.8 Å². The standard InChI is InChI=1S/C14H21N3O3S/c1-8(2)11-12(21-17-16-11)13(18)15-7-9-5-3-4-6-10(9)14(19)20/h8-10H,3-7H2,1-2H3,(H,15,18)(H,19,20). The third kappa shape index (κ3) is 3.78. The molecule has 1 aromatic heterocycles. The van der Waals surface area contributed by atoms with Crippen LogP contribution in [0, 0.1) is 11.8 Å². The summed E-state index contributed by atoms with van der Waals surface area (Å²) in [6.45, 7) is 4.34. The van der Waals surface area contributed by atoms with Gasteiger partial charge in [0.05, 0.1) is 11.6 Å². The molecule has 1 aliphatic carbocycles. The first kappa shape index (κ1) is 15.9. The summed E-state index contributed by atoms with van der Waals surface area (Å²) >= 11 is 1.09. The van der Waals surface area contributed by atoms with Crippen molar-refractivity contribution in [1.82, 2.24) is 14.9 Å². The van der Waals surface area contributed by atoms with Crippen molar-refractivity contribution < 1.29 is 14.7 Å². The second-order valence-corrected chi connectivity index (χ2v) is 6.60. The van der Waals surface area contributed by atoms with E-state index in [1.807, 2.05) is 13.8 Å². The third-order valence-corrected chi connectivity index (χ3v) is 4.76. The molecule has 0 bridgehead atoms. The van der Waals surface area contributed by atoms with E-state index in [2.05, 4.69) is 14.9 Å². The predicted octanol–water partition coefficient (Wildman–Crippen LogP) is 2.28. The van der Waals surface area contributed by atoms with Gasteiger partial charge in [-0.25, -0.2) is 0 Å². The number of aliphatic carboxylic acids is 1. The molecule has 0 spiro atoms. The minimum Gasteiger partial charge on any atom is -0.481 e. The number of carboxylic acid groups (broad SMARTS) is 1. The van der Waals surface area contributed by atoms with Crippen LogP contribution in [-0.2, 0) is 4.79 Å². The van der Waals surface area contributed by atoms with Gasteiger partial charge in [0.15, 0.2) is 0 Å². The molecule has 1 aromatic rings. The fourth-order valence-electron chi connectivity index (χ4n) is 2.81. The maximum absolute atomic E-state index is 12.2. The summed E-state index contributed by atoms with van der Waals surface area (Å²) in [6, 6.07) is 0. The highest BCUT2D eigenvalue weighted by Crippen LogP contribution is 2.30. The molecule has 1 heterocycles. The van der Waals surface area contributed by atoms with Crippen molar-refractivity contribution in [2.45, 2.75) is 45.4 Å². The summed E-state index contributed by atoms with van der Waals surface area (Å²) in [6.07, 6.45) is 3.55. The van der Waals surface area contributed by atoms with Gasteiger partial charge in [-0.2, -0.15) is 0 Å². The molecule has 1 amide bonds. The number of rotatable bonds is 5. The van der Waals surface area contributed by atoms with Gasteiger partial charge in [0.25, 0.3) is 5.91 Å². The van der Waals surface area contributed by atoms with Crippen LogP contribution in [0.15, 0.2) is 0 Å². The van der Waals surface area contributed by atoms with Crippen molar-refractivity contribution in [2.75, 3.05) is 6.54 Å². The Labute approximate surface area is 128 Å². The van der Waals surface area contributed by atoms with E-state index < -0.39 is 5.97 Å². The Morgan fingerprint density at radius 2 is 2.10 bits per heavy atom. The van der Waals surface area contributed by atoms with Crippen LogP contribution in [0.25, 0.3) is 0 Å². The number of nitrogens with one attached hydrogen (secondary N) is 1. The zero-order chi connectivity index (χ0) is 15.4. The summed E-state index contributed by atoms with van der Waals surface area (Å²) in [5.74, 6) is -1.13. The number of carbonyl (C=O) groups is 2. The molecule has 2 rings (SSSR count). The average molecular weight is 311 g/mol. The summed E-state index contributed by atoms with van der Waals surface area (Å²) in [7, 11) is 0. The monoisotopic (exact) mass is 311 g/mol. The van der Waals surface area contributed by atoms with Crippen molar-refractivity contribution in [3.05, 3.63) is 10.6 Å². The molecule has 1 fully saturated rings. The Hall–Kier alpha value is -1.50. The molecule has 1 saturated carbocycles. The van der Waals surface area contributed by atoms with Gasteiger partial charge >= 0.3 is 5.97 Å². The van der Waals surface area contributed by atoms with Crippen molar-refractivity contribution in [1.29, 1.82) is 0 Å². The molecule has 1 aliphatic rings. The molecule has 6 nitrogen and oxygen atoms in total. The quantitative estimate of drug-likeness (QED) is 0.870. The van der Waals surface area contributed by atoms with Crippen LogP contribution in [0.5, 0.6) is 0 Å². The second kappa shape index (κ2) is 6.98. The van der Waals surface area contributed by atoms with E-state index in [0.29, 0.717) is 23.5 Å². The Bertz CT molecular complexity index is 515. The van der Waals surface area contributed by atoms with Gasteiger partial charge in [-0.1, -0.05) is 31.2 Å². The van der Waals surface area contributed by atoms with Gasteiger partial charge in [-0.05, 0) is 36.2 Å². The Morgan fingerprint density at radius 1 is 1.38 bits per heavy atom. The van der Waals surface area contributed by atoms with Crippen molar-refractivity contribution in [3.8, 4) is 0 Å². The van der Waals surface area contributed by atoms with Crippen molar-refractivity contribution in [3.63, 3.8) is 0 Å². The number of nitrogens with zero attached hydrogens (tertiary/aromatic N) is 2. The fourth-order valence-corrected chi connectivity index (χ4v) is 3.55. The van der Waals surface area contributed by atoms with Crippen LogP contribution < -0.4 is 5.32 Å². The van der Waals surface area contributed by atoms with Crippen LogP contribution in [0.1, 0.15) is 60.8 Å². The van der Waals surface area contributed by atoms with Crippen LogP contribution >= 0.6 is 11.5 Å². The van der Waals surface area contributed by atoms with Gasteiger partial charge in [0.1, 0.15) is 4.88 Å². The first-order chi connectivity index (χ1) is 10.0. The van der Waals surface area contributed by atoms with Crippen LogP contribution in [-0.4, -0.2) is 33.1 Å². The molecule has 0 aliphatic heterocycles. The molecular formula is C14H21N3O3S. The van der Waals surface area contributed by atoms with Gasteiger partial charge in [-0.15, -0.1) is 5.10 Å². The lowest BCUT2D eigenvalue weighted by Crippen LogP contribution is -2.37. The zero-order valence-electron chi connectivity index (χ0n) is 12.3. The van der Waals surface area contributed by atoms with E-state index in [9.17, 15) is 14.7 Å². The lowest BCUT2D eigenvalue weighted by molar-refractivity contribution is -0.144. The zero-order valence-corrected chi connectivity index (χ0v) is 13.2. The molecule has 2 unspecified atom stereocenters. The van der Waals surface area contributed by atoms with Gasteiger partial charge < -0.3 is 10.4 Å². The number of amides is 1. The summed E-state index contributed by atoms with van der Waals surface area (Å²) in [5, 5.41) is 16.1. The first-order valence-corrected chi connectivity index (χ1v) is 8.11. The Morgan fingerprint density at radius 3 is 2.76 bits per heavy atom. The summed E-state index contributed by atoms with van der Waals surface area (Å²) in [5.41, 5.74) is 0.705.